The Morgan fingerprint density at radius 1 is 1.14 bits per heavy atom. The number of amides is 1. The minimum atomic E-state index is -0.498. The van der Waals surface area contributed by atoms with E-state index in [2.05, 4.69) is 30.3 Å². The Labute approximate surface area is 203 Å². The first kappa shape index (κ1) is 23.2. The summed E-state index contributed by atoms with van der Waals surface area (Å²) in [7, 11) is 1.78. The Morgan fingerprint density at radius 2 is 1.91 bits per heavy atom. The SMILES string of the molecule is CCn1nc(C)cc1-c1nnc(-c2cc(C(N)=O)cc3c2cnn3CCN2CCC(OC)CC2)[nH]1. The van der Waals surface area contributed by atoms with Gasteiger partial charge in [-0.25, -0.2) is 0 Å². The van der Waals surface area contributed by atoms with Crippen LogP contribution in [0, 0.1) is 6.92 Å². The zero-order valence-electron chi connectivity index (χ0n) is 20.4. The van der Waals surface area contributed by atoms with E-state index in [1.54, 1.807) is 19.2 Å². The number of ether oxygens (including phenoxy) is 1. The summed E-state index contributed by atoms with van der Waals surface area (Å²) in [6.45, 7) is 8.28. The highest BCUT2D eigenvalue weighted by atomic mass is 16.5. The summed E-state index contributed by atoms with van der Waals surface area (Å²) in [4.78, 5) is 17.9. The number of fused-ring (bicyclic) bond motifs is 1. The molecule has 35 heavy (non-hydrogen) atoms. The number of nitrogens with zero attached hydrogens (tertiary/aromatic N) is 7. The third-order valence-electron chi connectivity index (χ3n) is 6.73. The molecule has 3 aromatic heterocycles. The summed E-state index contributed by atoms with van der Waals surface area (Å²) >= 11 is 0. The normalized spacial score (nSPS) is 15.3. The van der Waals surface area contributed by atoms with Crippen LogP contribution in [0.25, 0.3) is 33.8 Å². The van der Waals surface area contributed by atoms with Crippen molar-refractivity contribution in [1.82, 2.24) is 39.6 Å². The third kappa shape index (κ3) is 4.56. The fourth-order valence-electron chi connectivity index (χ4n) is 4.77. The number of aryl methyl sites for hydroxylation is 2. The molecule has 0 saturated carbocycles. The van der Waals surface area contributed by atoms with Crippen molar-refractivity contribution >= 4 is 16.8 Å². The van der Waals surface area contributed by atoms with Crippen molar-refractivity contribution in [3.63, 3.8) is 0 Å². The molecule has 1 aromatic carbocycles. The standard InChI is InChI=1S/C24H31N9O2/c1-4-32-21(11-15(2)30-32)24-27-23(28-29-24)18-12-16(22(25)34)13-20-19(18)14-26-33(20)10-9-31-7-5-17(35-3)6-8-31/h11-14,17H,4-10H2,1-3H3,(H2,25,34)(H,27,28,29). The van der Waals surface area contributed by atoms with Crippen molar-refractivity contribution in [2.75, 3.05) is 26.7 Å². The number of benzene rings is 1. The van der Waals surface area contributed by atoms with Crippen LogP contribution in [0.3, 0.4) is 0 Å². The fourth-order valence-corrected chi connectivity index (χ4v) is 4.77. The molecule has 5 rings (SSSR count). The van der Waals surface area contributed by atoms with Crippen molar-refractivity contribution in [3.8, 4) is 22.9 Å². The molecule has 184 valence electrons. The van der Waals surface area contributed by atoms with Crippen LogP contribution in [-0.2, 0) is 17.8 Å². The Kier molecular flexibility index (Phi) is 6.35. The maximum Gasteiger partial charge on any atom is 0.248 e. The van der Waals surface area contributed by atoms with Crippen molar-refractivity contribution in [2.24, 2.45) is 5.73 Å². The van der Waals surface area contributed by atoms with Gasteiger partial charge in [0.1, 0.15) is 5.69 Å². The minimum absolute atomic E-state index is 0.351. The van der Waals surface area contributed by atoms with Crippen molar-refractivity contribution in [3.05, 3.63) is 35.7 Å². The number of likely N-dealkylation sites (tertiary alicyclic amines) is 1. The number of hydrogen-bond donors (Lipinski definition) is 2. The molecule has 1 aliphatic heterocycles. The van der Waals surface area contributed by atoms with Crippen LogP contribution in [0.4, 0.5) is 0 Å². The molecule has 4 heterocycles. The highest BCUT2D eigenvalue weighted by Gasteiger charge is 2.21. The first-order chi connectivity index (χ1) is 17.0. The van der Waals surface area contributed by atoms with Gasteiger partial charge in [0, 0.05) is 49.8 Å². The van der Waals surface area contributed by atoms with Gasteiger partial charge in [0.2, 0.25) is 5.91 Å². The van der Waals surface area contributed by atoms with Crippen LogP contribution in [0.2, 0.25) is 0 Å². The molecule has 0 atom stereocenters. The zero-order chi connectivity index (χ0) is 24.5. The van der Waals surface area contributed by atoms with Gasteiger partial charge in [-0.05, 0) is 44.9 Å². The van der Waals surface area contributed by atoms with E-state index in [0.717, 1.165) is 66.9 Å². The maximum absolute atomic E-state index is 12.2. The van der Waals surface area contributed by atoms with Gasteiger partial charge in [0.15, 0.2) is 11.6 Å². The largest absolute Gasteiger partial charge is 0.381 e. The number of carbonyl (C=O) groups is 1. The molecule has 11 nitrogen and oxygen atoms in total. The monoisotopic (exact) mass is 477 g/mol. The number of nitrogens with two attached hydrogens (primary N) is 1. The van der Waals surface area contributed by atoms with Crippen LogP contribution in [0.1, 0.15) is 35.8 Å². The number of carbonyl (C=O) groups excluding carboxylic acids is 1. The molecule has 11 heteroatoms. The molecule has 1 fully saturated rings. The minimum Gasteiger partial charge on any atom is -0.381 e. The van der Waals surface area contributed by atoms with Crippen molar-refractivity contribution in [2.45, 2.75) is 45.9 Å². The fraction of sp³-hybridized carbons (Fsp3) is 0.458. The number of primary amides is 1. The molecule has 0 spiro atoms. The Bertz CT molecular complexity index is 1340. The van der Waals surface area contributed by atoms with E-state index in [0.29, 0.717) is 29.9 Å². The summed E-state index contributed by atoms with van der Waals surface area (Å²) in [5.41, 5.74) is 9.43. The molecular weight excluding hydrogens is 446 g/mol. The molecular formula is C24H31N9O2. The molecule has 1 saturated heterocycles. The molecule has 0 bridgehead atoms. The van der Waals surface area contributed by atoms with Gasteiger partial charge in [-0.1, -0.05) is 0 Å². The molecule has 0 radical (unpaired) electrons. The Hall–Kier alpha value is -3.57. The van der Waals surface area contributed by atoms with Crippen LogP contribution >= 0.6 is 0 Å². The lowest BCUT2D eigenvalue weighted by atomic mass is 10.0. The van der Waals surface area contributed by atoms with Gasteiger partial charge in [-0.15, -0.1) is 10.2 Å². The van der Waals surface area contributed by atoms with E-state index in [1.165, 1.54) is 0 Å². The number of nitrogens with one attached hydrogen (secondary N) is 1. The van der Waals surface area contributed by atoms with Gasteiger partial charge in [-0.2, -0.15) is 10.2 Å². The predicted molar refractivity (Wildman–Crippen MR) is 132 cm³/mol. The highest BCUT2D eigenvalue weighted by molar-refractivity contribution is 6.02. The third-order valence-corrected chi connectivity index (χ3v) is 6.73. The second-order valence-electron chi connectivity index (χ2n) is 8.97. The molecule has 0 aliphatic carbocycles. The summed E-state index contributed by atoms with van der Waals surface area (Å²) in [5.74, 6) is 0.671. The summed E-state index contributed by atoms with van der Waals surface area (Å²) in [6, 6.07) is 5.52. The lowest BCUT2D eigenvalue weighted by molar-refractivity contribution is 0.0401. The lowest BCUT2D eigenvalue weighted by Crippen LogP contribution is -2.38. The topological polar surface area (TPSA) is 133 Å². The van der Waals surface area contributed by atoms with Gasteiger partial charge in [0.25, 0.3) is 0 Å². The number of rotatable bonds is 8. The number of methoxy groups -OCH3 is 1. The van der Waals surface area contributed by atoms with Gasteiger partial charge in [0.05, 0.1) is 30.1 Å². The van der Waals surface area contributed by atoms with Crippen molar-refractivity contribution in [1.29, 1.82) is 0 Å². The number of hydrogen-bond acceptors (Lipinski definition) is 7. The van der Waals surface area contributed by atoms with E-state index in [1.807, 2.05) is 35.5 Å². The average molecular weight is 478 g/mol. The molecule has 0 unspecified atom stereocenters. The van der Waals surface area contributed by atoms with E-state index in [4.69, 9.17) is 10.5 Å². The summed E-state index contributed by atoms with van der Waals surface area (Å²) < 4.78 is 9.28. The molecule has 3 N–H and O–H groups in total. The summed E-state index contributed by atoms with van der Waals surface area (Å²) in [5, 5.41) is 18.7. The van der Waals surface area contributed by atoms with Crippen LogP contribution < -0.4 is 5.73 Å². The van der Waals surface area contributed by atoms with Gasteiger partial charge in [-0.3, -0.25) is 14.2 Å². The number of piperidine rings is 1. The molecule has 1 amide bonds. The Balaban J connectivity index is 1.46. The van der Waals surface area contributed by atoms with Gasteiger partial charge >= 0.3 is 0 Å². The van der Waals surface area contributed by atoms with E-state index >= 15 is 0 Å². The molecule has 1 aliphatic rings. The van der Waals surface area contributed by atoms with Crippen molar-refractivity contribution < 1.29 is 9.53 Å². The first-order valence-electron chi connectivity index (χ1n) is 12.0. The van der Waals surface area contributed by atoms with Gasteiger partial charge < -0.3 is 20.4 Å². The van der Waals surface area contributed by atoms with Crippen LogP contribution in [0.15, 0.2) is 24.4 Å². The maximum atomic E-state index is 12.2. The Morgan fingerprint density at radius 3 is 2.63 bits per heavy atom. The second-order valence-corrected chi connectivity index (χ2v) is 8.97. The number of H-pyrrole nitrogens is 1. The van der Waals surface area contributed by atoms with E-state index in [9.17, 15) is 4.79 Å². The smallest absolute Gasteiger partial charge is 0.248 e. The van der Waals surface area contributed by atoms with Crippen LogP contribution in [0.5, 0.6) is 0 Å². The first-order valence-corrected chi connectivity index (χ1v) is 12.0. The van der Waals surface area contributed by atoms with Crippen LogP contribution in [-0.4, -0.2) is 78.4 Å². The zero-order valence-corrected chi connectivity index (χ0v) is 20.4. The average Bonchev–Trinajstić information content (AvgIpc) is 3.60. The summed E-state index contributed by atoms with van der Waals surface area (Å²) in [6.07, 6.45) is 4.24. The number of aromatic nitrogens is 7. The molecule has 4 aromatic rings. The number of aromatic amines is 1. The second kappa shape index (κ2) is 9.59. The lowest BCUT2D eigenvalue weighted by Gasteiger charge is -2.31. The predicted octanol–water partition coefficient (Wildman–Crippen LogP) is 2.22. The quantitative estimate of drug-likeness (QED) is 0.397. The van der Waals surface area contributed by atoms with E-state index < -0.39 is 5.91 Å². The highest BCUT2D eigenvalue weighted by Crippen LogP contribution is 2.30. The van der Waals surface area contributed by atoms with E-state index in [-0.39, 0.29) is 0 Å².